The van der Waals surface area contributed by atoms with Crippen LogP contribution in [0.15, 0.2) is 23.9 Å². The summed E-state index contributed by atoms with van der Waals surface area (Å²) in [5.74, 6) is -1.38. The maximum atomic E-state index is 12.5. The highest BCUT2D eigenvalue weighted by molar-refractivity contribution is 8.00. The van der Waals surface area contributed by atoms with Crippen molar-refractivity contribution in [2.75, 3.05) is 11.5 Å². The number of amides is 2. The smallest absolute Gasteiger partial charge is 0.352 e. The molecule has 3 aliphatic heterocycles. The van der Waals surface area contributed by atoms with E-state index < -0.39 is 41.3 Å². The third-order valence-corrected chi connectivity index (χ3v) is 6.75. The monoisotopic (exact) mass is 401 g/mol. The van der Waals surface area contributed by atoms with Crippen LogP contribution in [-0.4, -0.2) is 73.5 Å². The molecule has 0 saturated carbocycles. The average Bonchev–Trinajstić information content (AvgIpc) is 3.04. The predicted octanol–water partition coefficient (Wildman–Crippen LogP) is -1.79. The Balaban J connectivity index is 1.70. The van der Waals surface area contributed by atoms with Crippen molar-refractivity contribution in [2.45, 2.75) is 29.0 Å². The molecule has 3 heterocycles. The van der Waals surface area contributed by atoms with Gasteiger partial charge in [0.05, 0.1) is 0 Å². The summed E-state index contributed by atoms with van der Waals surface area (Å²) in [5.41, 5.74) is 7.70. The maximum absolute atomic E-state index is 12.5. The Kier molecular flexibility index (Phi) is 5.60. The van der Waals surface area contributed by atoms with Crippen LogP contribution < -0.4 is 21.8 Å². The molecule has 2 fully saturated rings. The standard InChI is InChI=1S/C14H19N5O5S2/c1-2-5-3-25-12-8(11(21)19(12)9(5)13(22)23)17-10(20)7(18-24)6-4-26-14(15)16-6/h2,6-8,12,14,16,18,24H,1,3-4,15H2,(H,17,20)(H,22,23)/t6?,7?,8-,12-,14?/m1/s1. The van der Waals surface area contributed by atoms with E-state index in [4.69, 9.17) is 5.73 Å². The molecule has 3 rings (SSSR count). The van der Waals surface area contributed by atoms with E-state index in [2.05, 4.69) is 17.2 Å². The Labute approximate surface area is 157 Å². The fourth-order valence-corrected chi connectivity index (χ4v) is 5.40. The SMILES string of the molecule is C=CC1=C(C(=O)O)N2C(=O)[C@@H](NC(=O)C(NO)C3CSC(N)N3)[C@H]2SC1. The van der Waals surface area contributed by atoms with Crippen molar-refractivity contribution in [3.8, 4) is 0 Å². The molecule has 0 aromatic carbocycles. The van der Waals surface area contributed by atoms with Crippen molar-refractivity contribution in [3.05, 3.63) is 23.9 Å². The number of hydrogen-bond acceptors (Lipinski definition) is 9. The second-order valence-electron chi connectivity index (χ2n) is 5.91. The molecule has 7 N–H and O–H groups in total. The zero-order chi connectivity index (χ0) is 19.0. The molecule has 12 heteroatoms. The zero-order valence-electron chi connectivity index (χ0n) is 13.5. The van der Waals surface area contributed by atoms with Crippen LogP contribution in [0.25, 0.3) is 0 Å². The third kappa shape index (κ3) is 3.23. The zero-order valence-corrected chi connectivity index (χ0v) is 15.2. The number of hydroxylamine groups is 1. The van der Waals surface area contributed by atoms with Crippen LogP contribution in [0.4, 0.5) is 0 Å². The molecule has 2 amide bonds. The minimum absolute atomic E-state index is 0.101. The fourth-order valence-electron chi connectivity index (χ4n) is 3.08. The van der Waals surface area contributed by atoms with Gasteiger partial charge in [-0.15, -0.1) is 23.5 Å². The molecule has 142 valence electrons. The fraction of sp³-hybridized carbons (Fsp3) is 0.500. The number of carboxylic acid groups (broad SMARTS) is 1. The topological polar surface area (TPSA) is 157 Å². The van der Waals surface area contributed by atoms with Crippen LogP contribution in [0.5, 0.6) is 0 Å². The molecule has 0 bridgehead atoms. The van der Waals surface area contributed by atoms with Crippen LogP contribution in [0.1, 0.15) is 0 Å². The first kappa shape index (κ1) is 19.2. The number of allylic oxidation sites excluding steroid dienone is 1. The number of carbonyl (C=O) groups is 3. The number of nitrogens with one attached hydrogen (secondary N) is 3. The van der Waals surface area contributed by atoms with Gasteiger partial charge in [0.2, 0.25) is 5.91 Å². The quantitative estimate of drug-likeness (QED) is 0.222. The molecule has 26 heavy (non-hydrogen) atoms. The van der Waals surface area contributed by atoms with E-state index >= 15 is 0 Å². The third-order valence-electron chi connectivity index (χ3n) is 4.40. The van der Waals surface area contributed by atoms with Gasteiger partial charge in [0.25, 0.3) is 5.91 Å². The summed E-state index contributed by atoms with van der Waals surface area (Å²) in [5, 5.41) is 23.8. The van der Waals surface area contributed by atoms with E-state index in [9.17, 15) is 24.7 Å². The van der Waals surface area contributed by atoms with Gasteiger partial charge >= 0.3 is 5.97 Å². The highest BCUT2D eigenvalue weighted by Gasteiger charge is 2.54. The van der Waals surface area contributed by atoms with Gasteiger partial charge in [0.1, 0.15) is 28.7 Å². The Bertz CT molecular complexity index is 687. The minimum Gasteiger partial charge on any atom is -0.477 e. The van der Waals surface area contributed by atoms with Gasteiger partial charge in [0.15, 0.2) is 0 Å². The van der Waals surface area contributed by atoms with E-state index in [1.54, 1.807) is 0 Å². The normalized spacial score (nSPS) is 31.9. The molecule has 0 radical (unpaired) electrons. The number of rotatable bonds is 6. The van der Waals surface area contributed by atoms with Gasteiger partial charge in [-0.2, -0.15) is 5.48 Å². The van der Waals surface area contributed by atoms with Crippen molar-refractivity contribution < 1.29 is 24.7 Å². The lowest BCUT2D eigenvalue weighted by Crippen LogP contribution is -2.72. The van der Waals surface area contributed by atoms with Crippen LogP contribution >= 0.6 is 23.5 Å². The second-order valence-corrected chi connectivity index (χ2v) is 8.19. The number of hydrogen-bond donors (Lipinski definition) is 6. The van der Waals surface area contributed by atoms with Gasteiger partial charge in [-0.3, -0.25) is 19.8 Å². The molecule has 3 unspecified atom stereocenters. The summed E-state index contributed by atoms with van der Waals surface area (Å²) in [6.45, 7) is 3.58. The van der Waals surface area contributed by atoms with Crippen LogP contribution in [0.2, 0.25) is 0 Å². The number of thioether (sulfide) groups is 2. The van der Waals surface area contributed by atoms with Crippen molar-refractivity contribution in [3.63, 3.8) is 0 Å². The summed E-state index contributed by atoms with van der Waals surface area (Å²) in [6.07, 6.45) is 1.42. The molecule has 0 aromatic rings. The van der Waals surface area contributed by atoms with Crippen LogP contribution in [-0.2, 0) is 14.4 Å². The maximum Gasteiger partial charge on any atom is 0.352 e. The number of nitrogens with two attached hydrogens (primary N) is 1. The molecule has 3 aliphatic rings. The largest absolute Gasteiger partial charge is 0.477 e. The van der Waals surface area contributed by atoms with Gasteiger partial charge in [-0.1, -0.05) is 12.7 Å². The Hall–Kier alpha value is -1.57. The first-order chi connectivity index (χ1) is 12.4. The highest BCUT2D eigenvalue weighted by Crippen LogP contribution is 2.40. The van der Waals surface area contributed by atoms with E-state index in [1.165, 1.54) is 34.5 Å². The number of carbonyl (C=O) groups excluding carboxylic acids is 2. The second kappa shape index (κ2) is 7.58. The first-order valence-corrected chi connectivity index (χ1v) is 9.85. The summed E-state index contributed by atoms with van der Waals surface area (Å²) in [6, 6.07) is -2.23. The Morgan fingerprint density at radius 2 is 2.19 bits per heavy atom. The van der Waals surface area contributed by atoms with Crippen molar-refractivity contribution in [2.24, 2.45) is 5.73 Å². The lowest BCUT2D eigenvalue weighted by atomic mass is 10.0. The van der Waals surface area contributed by atoms with Gasteiger partial charge < -0.3 is 21.4 Å². The van der Waals surface area contributed by atoms with E-state index in [1.807, 2.05) is 5.48 Å². The molecule has 2 saturated heterocycles. The van der Waals surface area contributed by atoms with E-state index in [-0.39, 0.29) is 11.2 Å². The van der Waals surface area contributed by atoms with Gasteiger partial charge in [0, 0.05) is 17.5 Å². The van der Waals surface area contributed by atoms with E-state index in [0.29, 0.717) is 17.1 Å². The van der Waals surface area contributed by atoms with Gasteiger partial charge in [-0.05, 0) is 5.57 Å². The summed E-state index contributed by atoms with van der Waals surface area (Å²) >= 11 is 2.75. The first-order valence-electron chi connectivity index (χ1n) is 7.75. The summed E-state index contributed by atoms with van der Waals surface area (Å²) in [7, 11) is 0. The Morgan fingerprint density at radius 3 is 2.73 bits per heavy atom. The molecular weight excluding hydrogens is 382 g/mol. The minimum atomic E-state index is -1.21. The number of β-lactam (4-membered cyclic amide) rings is 1. The highest BCUT2D eigenvalue weighted by atomic mass is 32.2. The molecule has 10 nitrogen and oxygen atoms in total. The molecule has 0 aromatic heterocycles. The molecular formula is C14H19N5O5S2. The summed E-state index contributed by atoms with van der Waals surface area (Å²) < 4.78 is 0. The van der Waals surface area contributed by atoms with Crippen molar-refractivity contribution in [1.29, 1.82) is 0 Å². The van der Waals surface area contributed by atoms with Gasteiger partial charge in [-0.25, -0.2) is 4.79 Å². The summed E-state index contributed by atoms with van der Waals surface area (Å²) in [4.78, 5) is 37.6. The lowest BCUT2D eigenvalue weighted by molar-refractivity contribution is -0.151. The van der Waals surface area contributed by atoms with Crippen molar-refractivity contribution >= 4 is 41.3 Å². The van der Waals surface area contributed by atoms with Crippen molar-refractivity contribution in [1.82, 2.24) is 21.0 Å². The van der Waals surface area contributed by atoms with Crippen LogP contribution in [0.3, 0.4) is 0 Å². The molecule has 5 atom stereocenters. The average molecular weight is 401 g/mol. The number of nitrogens with zero attached hydrogens (tertiary/aromatic N) is 1. The lowest BCUT2D eigenvalue weighted by Gasteiger charge is -2.49. The number of fused-ring (bicyclic) bond motifs is 1. The van der Waals surface area contributed by atoms with Crippen LogP contribution in [0, 0.1) is 0 Å². The predicted molar refractivity (Wildman–Crippen MR) is 95.9 cm³/mol. The molecule has 0 aliphatic carbocycles. The number of aliphatic carboxylic acids is 1. The number of carboxylic acids is 1. The molecule has 0 spiro atoms. The Morgan fingerprint density at radius 1 is 1.46 bits per heavy atom. The van der Waals surface area contributed by atoms with E-state index in [0.717, 1.165) is 0 Å².